The first-order chi connectivity index (χ1) is 8.66. The number of thiophene rings is 1. The van der Waals surface area contributed by atoms with E-state index in [4.69, 9.17) is 16.0 Å². The Morgan fingerprint density at radius 2 is 2.33 bits per heavy atom. The van der Waals surface area contributed by atoms with E-state index in [1.54, 1.807) is 12.5 Å². The molecule has 0 aliphatic carbocycles. The van der Waals surface area contributed by atoms with Gasteiger partial charge in [-0.25, -0.2) is 0 Å². The maximum absolute atomic E-state index is 11.1. The van der Waals surface area contributed by atoms with E-state index in [0.29, 0.717) is 12.3 Å². The van der Waals surface area contributed by atoms with Crippen molar-refractivity contribution in [2.75, 3.05) is 18.6 Å². The molecule has 0 bridgehead atoms. The van der Waals surface area contributed by atoms with Gasteiger partial charge in [-0.15, -0.1) is 11.3 Å². The Labute approximate surface area is 118 Å². The van der Waals surface area contributed by atoms with Gasteiger partial charge in [0, 0.05) is 34.2 Å². The summed E-state index contributed by atoms with van der Waals surface area (Å²) in [7, 11) is -0.796. The van der Waals surface area contributed by atoms with Crippen molar-refractivity contribution in [3.8, 4) is 0 Å². The van der Waals surface area contributed by atoms with Crippen LogP contribution in [0.2, 0.25) is 4.34 Å². The second kappa shape index (κ2) is 6.52. The molecule has 2 heterocycles. The molecule has 0 aliphatic heterocycles. The molecular weight excluding hydrogens is 290 g/mol. The molecule has 2 unspecified atom stereocenters. The molecule has 6 heteroatoms. The molecule has 0 saturated carbocycles. The average molecular weight is 304 g/mol. The maximum Gasteiger partial charge on any atom is 0.126 e. The van der Waals surface area contributed by atoms with Gasteiger partial charge in [-0.3, -0.25) is 4.21 Å². The molecule has 98 valence electrons. The van der Waals surface area contributed by atoms with Crippen LogP contribution in [0.5, 0.6) is 0 Å². The Hall–Kier alpha value is -0.620. The molecule has 0 saturated heterocycles. The van der Waals surface area contributed by atoms with Gasteiger partial charge in [0.2, 0.25) is 0 Å². The van der Waals surface area contributed by atoms with Crippen molar-refractivity contribution in [1.29, 1.82) is 0 Å². The van der Waals surface area contributed by atoms with Crippen LogP contribution in [0.1, 0.15) is 16.7 Å². The summed E-state index contributed by atoms with van der Waals surface area (Å²) in [5.41, 5.74) is 0. The molecule has 2 atom stereocenters. The van der Waals surface area contributed by atoms with E-state index in [-0.39, 0.29) is 6.04 Å². The summed E-state index contributed by atoms with van der Waals surface area (Å²) >= 11 is 7.48. The third-order valence-corrected chi connectivity index (χ3v) is 4.52. The minimum Gasteiger partial charge on any atom is -0.467 e. The van der Waals surface area contributed by atoms with Crippen molar-refractivity contribution in [2.45, 2.75) is 6.04 Å². The summed E-state index contributed by atoms with van der Waals surface area (Å²) in [6.07, 6.45) is 3.35. The lowest BCUT2D eigenvalue weighted by molar-refractivity contribution is 0.456. The first-order valence-electron chi connectivity index (χ1n) is 5.49. The lowest BCUT2D eigenvalue weighted by atomic mass is 10.2. The fraction of sp³-hybridized carbons (Fsp3) is 0.333. The van der Waals surface area contributed by atoms with Crippen molar-refractivity contribution >= 4 is 33.7 Å². The molecule has 2 rings (SSSR count). The van der Waals surface area contributed by atoms with E-state index in [9.17, 15) is 4.21 Å². The van der Waals surface area contributed by atoms with Gasteiger partial charge in [0.25, 0.3) is 0 Å². The highest BCUT2D eigenvalue weighted by Gasteiger charge is 2.18. The Morgan fingerprint density at radius 3 is 2.89 bits per heavy atom. The third kappa shape index (κ3) is 3.68. The summed E-state index contributed by atoms with van der Waals surface area (Å²) in [5, 5.41) is 3.35. The molecule has 0 aliphatic rings. The van der Waals surface area contributed by atoms with Crippen LogP contribution in [0.15, 0.2) is 34.9 Å². The summed E-state index contributed by atoms with van der Waals surface area (Å²) in [6.45, 7) is 0.671. The molecule has 18 heavy (non-hydrogen) atoms. The summed E-state index contributed by atoms with van der Waals surface area (Å²) in [5.74, 6) is 1.46. The van der Waals surface area contributed by atoms with Gasteiger partial charge >= 0.3 is 0 Å². The smallest absolute Gasteiger partial charge is 0.126 e. The molecule has 0 spiro atoms. The standard InChI is InChI=1S/C12H14ClNO2S2/c1-18(15)8-6-14-12(9-3-2-7-16-9)10-4-5-11(13)17-10/h2-5,7,12,14H,6,8H2,1H3. The molecule has 1 N–H and O–H groups in total. The van der Waals surface area contributed by atoms with Crippen LogP contribution in [-0.4, -0.2) is 22.8 Å². The van der Waals surface area contributed by atoms with Crippen molar-refractivity contribution in [2.24, 2.45) is 0 Å². The average Bonchev–Trinajstić information content (AvgIpc) is 2.95. The predicted octanol–water partition coefficient (Wildman–Crippen LogP) is 3.05. The Morgan fingerprint density at radius 1 is 1.50 bits per heavy atom. The first kappa shape index (κ1) is 13.8. The van der Waals surface area contributed by atoms with Crippen LogP contribution in [0.25, 0.3) is 0 Å². The lowest BCUT2D eigenvalue weighted by Gasteiger charge is -2.14. The quantitative estimate of drug-likeness (QED) is 0.892. The van der Waals surface area contributed by atoms with E-state index < -0.39 is 10.8 Å². The van der Waals surface area contributed by atoms with Gasteiger partial charge < -0.3 is 9.73 Å². The van der Waals surface area contributed by atoms with E-state index in [2.05, 4.69) is 5.32 Å². The monoisotopic (exact) mass is 303 g/mol. The zero-order valence-electron chi connectivity index (χ0n) is 9.89. The van der Waals surface area contributed by atoms with Crippen LogP contribution in [-0.2, 0) is 10.8 Å². The van der Waals surface area contributed by atoms with Crippen LogP contribution in [0.4, 0.5) is 0 Å². The molecule has 0 aromatic carbocycles. The second-order valence-corrected chi connectivity index (χ2v) is 7.12. The molecule has 0 amide bonds. The number of furan rings is 1. The SMILES string of the molecule is CS(=O)CCNC(c1ccco1)c1ccc(Cl)s1. The van der Waals surface area contributed by atoms with Crippen molar-refractivity contribution in [3.63, 3.8) is 0 Å². The highest BCUT2D eigenvalue weighted by Crippen LogP contribution is 2.31. The van der Waals surface area contributed by atoms with E-state index >= 15 is 0 Å². The van der Waals surface area contributed by atoms with Crippen LogP contribution < -0.4 is 5.32 Å². The van der Waals surface area contributed by atoms with Crippen molar-refractivity contribution < 1.29 is 8.63 Å². The minimum absolute atomic E-state index is 0.0268. The third-order valence-electron chi connectivity index (χ3n) is 2.44. The normalized spacial score (nSPS) is 14.6. The maximum atomic E-state index is 11.1. The first-order valence-corrected chi connectivity index (χ1v) is 8.41. The van der Waals surface area contributed by atoms with Gasteiger partial charge in [0.05, 0.1) is 10.6 Å². The minimum atomic E-state index is -0.796. The fourth-order valence-corrected chi connectivity index (χ4v) is 3.18. The second-order valence-electron chi connectivity index (χ2n) is 3.82. The van der Waals surface area contributed by atoms with Gasteiger partial charge in [-0.2, -0.15) is 0 Å². The largest absolute Gasteiger partial charge is 0.467 e. The highest BCUT2D eigenvalue weighted by molar-refractivity contribution is 7.84. The van der Waals surface area contributed by atoms with Crippen LogP contribution in [0.3, 0.4) is 0 Å². The molecule has 3 nitrogen and oxygen atoms in total. The lowest BCUT2D eigenvalue weighted by Crippen LogP contribution is -2.25. The fourth-order valence-electron chi connectivity index (χ4n) is 1.63. The summed E-state index contributed by atoms with van der Waals surface area (Å²) in [6, 6.07) is 7.61. The highest BCUT2D eigenvalue weighted by atomic mass is 35.5. The number of nitrogens with one attached hydrogen (secondary N) is 1. The Bertz CT molecular complexity index is 510. The number of hydrogen-bond acceptors (Lipinski definition) is 4. The molecular formula is C12H14ClNO2S2. The van der Waals surface area contributed by atoms with Crippen LogP contribution in [0, 0.1) is 0 Å². The summed E-state index contributed by atoms with van der Waals surface area (Å²) < 4.78 is 17.3. The molecule has 2 aromatic heterocycles. The van der Waals surface area contributed by atoms with E-state index in [1.807, 2.05) is 24.3 Å². The van der Waals surface area contributed by atoms with E-state index in [1.165, 1.54) is 11.3 Å². The zero-order valence-corrected chi connectivity index (χ0v) is 12.3. The Balaban J connectivity index is 2.11. The van der Waals surface area contributed by atoms with Gasteiger partial charge in [-0.1, -0.05) is 11.6 Å². The summed E-state index contributed by atoms with van der Waals surface area (Å²) in [4.78, 5) is 1.09. The van der Waals surface area contributed by atoms with E-state index in [0.717, 1.165) is 15.0 Å². The predicted molar refractivity (Wildman–Crippen MR) is 76.8 cm³/mol. The number of rotatable bonds is 6. The van der Waals surface area contributed by atoms with Gasteiger partial charge in [-0.05, 0) is 24.3 Å². The number of hydrogen-bond donors (Lipinski definition) is 1. The molecule has 2 aromatic rings. The topological polar surface area (TPSA) is 42.2 Å². The Kier molecular flexibility index (Phi) is 5.00. The van der Waals surface area contributed by atoms with Gasteiger partial charge in [0.1, 0.15) is 11.8 Å². The zero-order chi connectivity index (χ0) is 13.0. The number of halogens is 1. The van der Waals surface area contributed by atoms with Crippen molar-refractivity contribution in [1.82, 2.24) is 5.32 Å². The van der Waals surface area contributed by atoms with Gasteiger partial charge in [0.15, 0.2) is 0 Å². The molecule has 0 radical (unpaired) electrons. The van der Waals surface area contributed by atoms with Crippen LogP contribution >= 0.6 is 22.9 Å². The molecule has 0 fully saturated rings. The van der Waals surface area contributed by atoms with Crippen molar-refractivity contribution in [3.05, 3.63) is 45.5 Å².